The van der Waals surface area contributed by atoms with E-state index in [1.54, 1.807) is 0 Å². The summed E-state index contributed by atoms with van der Waals surface area (Å²) in [6.07, 6.45) is 0. The summed E-state index contributed by atoms with van der Waals surface area (Å²) in [5.41, 5.74) is 9.67. The van der Waals surface area contributed by atoms with Crippen molar-refractivity contribution in [3.8, 4) is 0 Å². The van der Waals surface area contributed by atoms with E-state index in [1.165, 1.54) is 22.2 Å². The molecule has 0 saturated carbocycles. The molecule has 0 fully saturated rings. The first-order valence-corrected chi connectivity index (χ1v) is 6.77. The number of nitrogens with zero attached hydrogens (tertiary/aromatic N) is 1. The normalized spacial score (nSPS) is 11.2. The molecule has 1 aromatic carbocycles. The summed E-state index contributed by atoms with van der Waals surface area (Å²) < 4.78 is 2.28. The van der Waals surface area contributed by atoms with Crippen molar-refractivity contribution in [2.45, 2.75) is 19.2 Å². The van der Waals surface area contributed by atoms with Crippen LogP contribution >= 0.6 is 11.8 Å². The van der Waals surface area contributed by atoms with Crippen LogP contribution in [0.1, 0.15) is 18.2 Å². The Kier molecular flexibility index (Phi) is 3.56. The first kappa shape index (κ1) is 11.6. The minimum Gasteiger partial charge on any atom is -0.347 e. The molecular weight excluding hydrogens is 216 g/mol. The average molecular weight is 234 g/mol. The summed E-state index contributed by atoms with van der Waals surface area (Å²) in [6, 6.07) is 8.63. The first-order chi connectivity index (χ1) is 7.77. The Morgan fingerprint density at radius 1 is 1.38 bits per heavy atom. The third-order valence-electron chi connectivity index (χ3n) is 2.91. The highest BCUT2D eigenvalue weighted by molar-refractivity contribution is 7.98. The zero-order valence-corrected chi connectivity index (χ0v) is 10.7. The second-order valence-electron chi connectivity index (χ2n) is 3.89. The molecule has 2 aromatic rings. The van der Waals surface area contributed by atoms with E-state index in [4.69, 9.17) is 5.73 Å². The van der Waals surface area contributed by atoms with Gasteiger partial charge in [-0.15, -0.1) is 0 Å². The molecule has 2 rings (SSSR count). The van der Waals surface area contributed by atoms with Crippen LogP contribution in [0.15, 0.2) is 24.3 Å². The fourth-order valence-electron chi connectivity index (χ4n) is 2.07. The van der Waals surface area contributed by atoms with Crippen LogP contribution in [0.2, 0.25) is 0 Å². The van der Waals surface area contributed by atoms with Crippen molar-refractivity contribution >= 4 is 22.7 Å². The van der Waals surface area contributed by atoms with E-state index < -0.39 is 0 Å². The molecule has 0 radical (unpaired) electrons. The number of aryl methyl sites for hydroxylation is 1. The molecule has 0 aliphatic rings. The van der Waals surface area contributed by atoms with Crippen LogP contribution in [-0.4, -0.2) is 10.3 Å². The molecule has 0 spiro atoms. The van der Waals surface area contributed by atoms with Crippen molar-refractivity contribution < 1.29 is 0 Å². The maximum Gasteiger partial charge on any atom is 0.0525 e. The Morgan fingerprint density at radius 3 is 2.88 bits per heavy atom. The monoisotopic (exact) mass is 234 g/mol. The molecule has 0 saturated heterocycles. The summed E-state index contributed by atoms with van der Waals surface area (Å²) in [5.74, 6) is 2.23. The van der Waals surface area contributed by atoms with Gasteiger partial charge in [-0.1, -0.05) is 25.1 Å². The quantitative estimate of drug-likeness (QED) is 0.882. The molecule has 0 bridgehead atoms. The average Bonchev–Trinajstić information content (AvgIpc) is 2.64. The Labute approximate surface area is 101 Å². The van der Waals surface area contributed by atoms with Crippen molar-refractivity contribution in [1.29, 1.82) is 0 Å². The fraction of sp³-hybridized carbons (Fsp3) is 0.385. The van der Waals surface area contributed by atoms with Crippen LogP contribution in [0, 0.1) is 0 Å². The summed E-state index contributed by atoms with van der Waals surface area (Å²) in [7, 11) is 2.13. The molecule has 1 aromatic heterocycles. The number of fused-ring (bicyclic) bond motifs is 1. The van der Waals surface area contributed by atoms with Gasteiger partial charge in [0.25, 0.3) is 0 Å². The highest BCUT2D eigenvalue weighted by Crippen LogP contribution is 2.24. The largest absolute Gasteiger partial charge is 0.347 e. The summed E-state index contributed by atoms with van der Waals surface area (Å²) >= 11 is 1.95. The lowest BCUT2D eigenvalue weighted by Gasteiger charge is -2.06. The van der Waals surface area contributed by atoms with Crippen LogP contribution in [0.25, 0.3) is 10.9 Å². The summed E-state index contributed by atoms with van der Waals surface area (Å²) in [6.45, 7) is 2.80. The minimum atomic E-state index is 0.607. The van der Waals surface area contributed by atoms with Gasteiger partial charge in [0.15, 0.2) is 0 Å². The molecule has 0 aliphatic heterocycles. The smallest absolute Gasteiger partial charge is 0.0525 e. The zero-order chi connectivity index (χ0) is 11.5. The van der Waals surface area contributed by atoms with Gasteiger partial charge in [-0.25, -0.2) is 0 Å². The predicted octanol–water partition coefficient (Wildman–Crippen LogP) is 2.89. The number of para-hydroxylation sites is 1. The maximum absolute atomic E-state index is 5.78. The number of hydrogen-bond donors (Lipinski definition) is 1. The van der Waals surface area contributed by atoms with Crippen molar-refractivity contribution in [3.05, 3.63) is 35.5 Å². The summed E-state index contributed by atoms with van der Waals surface area (Å²) in [5, 5.41) is 1.30. The Morgan fingerprint density at radius 2 is 2.19 bits per heavy atom. The number of rotatable bonds is 4. The Bertz CT molecular complexity index is 488. The molecule has 86 valence electrons. The van der Waals surface area contributed by atoms with Gasteiger partial charge >= 0.3 is 0 Å². The molecule has 0 amide bonds. The van der Waals surface area contributed by atoms with Gasteiger partial charge in [0, 0.05) is 30.4 Å². The van der Waals surface area contributed by atoms with Crippen LogP contribution in [0.4, 0.5) is 0 Å². The van der Waals surface area contributed by atoms with E-state index in [0.29, 0.717) is 6.54 Å². The molecular formula is C13H18N2S. The molecule has 0 unspecified atom stereocenters. The predicted molar refractivity (Wildman–Crippen MR) is 72.6 cm³/mol. The van der Waals surface area contributed by atoms with E-state index in [0.717, 1.165) is 11.5 Å². The van der Waals surface area contributed by atoms with E-state index in [2.05, 4.69) is 42.8 Å². The lowest BCUT2D eigenvalue weighted by atomic mass is 10.1. The molecule has 2 nitrogen and oxygen atoms in total. The molecule has 0 aliphatic carbocycles. The molecule has 2 N–H and O–H groups in total. The lowest BCUT2D eigenvalue weighted by molar-refractivity contribution is 0.898. The standard InChI is InChI=1S/C13H18N2S/c1-3-16-9-12-7-10-5-4-6-11(8-14)13(10)15(12)2/h4-7H,3,8-9,14H2,1-2H3. The third kappa shape index (κ3) is 1.97. The highest BCUT2D eigenvalue weighted by Gasteiger charge is 2.08. The highest BCUT2D eigenvalue weighted by atomic mass is 32.2. The van der Waals surface area contributed by atoms with Gasteiger partial charge in [-0.05, 0) is 17.4 Å². The van der Waals surface area contributed by atoms with E-state index >= 15 is 0 Å². The van der Waals surface area contributed by atoms with Crippen molar-refractivity contribution in [1.82, 2.24) is 4.57 Å². The third-order valence-corrected chi connectivity index (χ3v) is 3.82. The number of benzene rings is 1. The van der Waals surface area contributed by atoms with Gasteiger partial charge in [-0.3, -0.25) is 0 Å². The van der Waals surface area contributed by atoms with E-state index in [-0.39, 0.29) is 0 Å². The van der Waals surface area contributed by atoms with Crippen LogP contribution in [-0.2, 0) is 19.3 Å². The fourth-order valence-corrected chi connectivity index (χ4v) is 2.76. The Balaban J connectivity index is 2.50. The van der Waals surface area contributed by atoms with Gasteiger partial charge < -0.3 is 10.3 Å². The minimum absolute atomic E-state index is 0.607. The van der Waals surface area contributed by atoms with Crippen LogP contribution < -0.4 is 5.73 Å². The van der Waals surface area contributed by atoms with Crippen molar-refractivity contribution in [3.63, 3.8) is 0 Å². The van der Waals surface area contributed by atoms with E-state index in [9.17, 15) is 0 Å². The molecule has 3 heteroatoms. The second-order valence-corrected chi connectivity index (χ2v) is 5.17. The van der Waals surface area contributed by atoms with Gasteiger partial charge in [0.1, 0.15) is 0 Å². The van der Waals surface area contributed by atoms with Crippen LogP contribution in [0.5, 0.6) is 0 Å². The van der Waals surface area contributed by atoms with Crippen LogP contribution in [0.3, 0.4) is 0 Å². The topological polar surface area (TPSA) is 30.9 Å². The SMILES string of the molecule is CCSCc1cc2cccc(CN)c2n1C. The zero-order valence-electron chi connectivity index (χ0n) is 9.86. The Hall–Kier alpha value is -0.930. The number of aromatic nitrogens is 1. The maximum atomic E-state index is 5.78. The second kappa shape index (κ2) is 4.93. The summed E-state index contributed by atoms with van der Waals surface area (Å²) in [4.78, 5) is 0. The number of nitrogens with two attached hydrogens (primary N) is 1. The first-order valence-electron chi connectivity index (χ1n) is 5.62. The van der Waals surface area contributed by atoms with Gasteiger partial charge in [-0.2, -0.15) is 11.8 Å². The molecule has 16 heavy (non-hydrogen) atoms. The molecule has 0 atom stereocenters. The van der Waals surface area contributed by atoms with Gasteiger partial charge in [0.05, 0.1) is 5.52 Å². The number of hydrogen-bond acceptors (Lipinski definition) is 2. The van der Waals surface area contributed by atoms with Crippen molar-refractivity contribution in [2.75, 3.05) is 5.75 Å². The lowest BCUT2D eigenvalue weighted by Crippen LogP contribution is -2.01. The van der Waals surface area contributed by atoms with Crippen molar-refractivity contribution in [2.24, 2.45) is 12.8 Å². The van der Waals surface area contributed by atoms with E-state index in [1.807, 2.05) is 11.8 Å². The van der Waals surface area contributed by atoms with Gasteiger partial charge in [0.2, 0.25) is 0 Å². The number of thioether (sulfide) groups is 1. The molecule has 1 heterocycles.